The van der Waals surface area contributed by atoms with Gasteiger partial charge in [-0.25, -0.2) is 9.18 Å². The van der Waals surface area contributed by atoms with Crippen LogP contribution >= 0.6 is 11.6 Å². The third-order valence-electron chi connectivity index (χ3n) is 2.57. The van der Waals surface area contributed by atoms with E-state index in [0.29, 0.717) is 16.3 Å². The molecule has 0 amide bonds. The van der Waals surface area contributed by atoms with Gasteiger partial charge in [0.1, 0.15) is 5.82 Å². The van der Waals surface area contributed by atoms with Crippen molar-refractivity contribution < 1.29 is 14.3 Å². The second-order valence-corrected chi connectivity index (χ2v) is 4.24. The van der Waals surface area contributed by atoms with Crippen molar-refractivity contribution in [2.45, 2.75) is 13.5 Å². The topological polar surface area (TPSA) is 55.1 Å². The summed E-state index contributed by atoms with van der Waals surface area (Å²) in [5, 5.41) is 13.0. The maximum Gasteiger partial charge on any atom is 0.356 e. The summed E-state index contributed by atoms with van der Waals surface area (Å²) in [7, 11) is 0. The van der Waals surface area contributed by atoms with E-state index in [4.69, 9.17) is 16.7 Å². The lowest BCUT2D eigenvalue weighted by molar-refractivity contribution is 0.0689. The fourth-order valence-electron chi connectivity index (χ4n) is 1.61. The zero-order valence-corrected chi connectivity index (χ0v) is 10.3. The highest BCUT2D eigenvalue weighted by Crippen LogP contribution is 2.20. The molecule has 4 nitrogen and oxygen atoms in total. The van der Waals surface area contributed by atoms with E-state index in [1.54, 1.807) is 13.0 Å². The molecule has 0 saturated carbocycles. The molecule has 1 N–H and O–H groups in total. The van der Waals surface area contributed by atoms with Crippen molar-refractivity contribution in [2.24, 2.45) is 0 Å². The lowest BCUT2D eigenvalue weighted by Crippen LogP contribution is -2.07. The minimum atomic E-state index is -1.11. The molecule has 0 bridgehead atoms. The molecule has 1 heterocycles. The first-order chi connectivity index (χ1) is 8.49. The Morgan fingerprint density at radius 1 is 1.56 bits per heavy atom. The van der Waals surface area contributed by atoms with E-state index in [-0.39, 0.29) is 12.2 Å². The standard InChI is InChI=1S/C12H10ClFN2O2/c1-7-5-11(12(17)18)15-16(7)6-8-9(13)3-2-4-10(8)14/h2-5H,6H2,1H3,(H,17,18). The number of carboxylic acid groups (broad SMARTS) is 1. The van der Waals surface area contributed by atoms with E-state index in [9.17, 15) is 9.18 Å². The highest BCUT2D eigenvalue weighted by Gasteiger charge is 2.13. The van der Waals surface area contributed by atoms with Gasteiger partial charge in [-0.05, 0) is 25.1 Å². The number of aryl methyl sites for hydroxylation is 1. The van der Waals surface area contributed by atoms with Gasteiger partial charge in [-0.1, -0.05) is 17.7 Å². The van der Waals surface area contributed by atoms with Crippen molar-refractivity contribution in [2.75, 3.05) is 0 Å². The summed E-state index contributed by atoms with van der Waals surface area (Å²) in [6.45, 7) is 1.80. The summed E-state index contributed by atoms with van der Waals surface area (Å²) in [5.41, 5.74) is 0.856. The number of carboxylic acids is 1. The summed E-state index contributed by atoms with van der Waals surface area (Å²) < 4.78 is 15.0. The smallest absolute Gasteiger partial charge is 0.356 e. The van der Waals surface area contributed by atoms with E-state index >= 15 is 0 Å². The maximum atomic E-state index is 13.6. The molecule has 0 aliphatic rings. The molecular formula is C12H10ClFN2O2. The zero-order chi connectivity index (χ0) is 13.3. The van der Waals surface area contributed by atoms with Crippen LogP contribution in [-0.4, -0.2) is 20.9 Å². The molecule has 0 saturated heterocycles. The van der Waals surface area contributed by atoms with Gasteiger partial charge in [-0.15, -0.1) is 0 Å². The molecule has 94 valence electrons. The molecule has 18 heavy (non-hydrogen) atoms. The van der Waals surface area contributed by atoms with Crippen LogP contribution in [0, 0.1) is 12.7 Å². The Morgan fingerprint density at radius 2 is 2.28 bits per heavy atom. The van der Waals surface area contributed by atoms with Gasteiger partial charge in [0.15, 0.2) is 5.69 Å². The van der Waals surface area contributed by atoms with E-state index < -0.39 is 11.8 Å². The first-order valence-corrected chi connectivity index (χ1v) is 5.57. The molecule has 6 heteroatoms. The van der Waals surface area contributed by atoms with Gasteiger partial charge in [-0.2, -0.15) is 5.10 Å². The van der Waals surface area contributed by atoms with Crippen LogP contribution in [0.25, 0.3) is 0 Å². The highest BCUT2D eigenvalue weighted by atomic mass is 35.5. The Bertz CT molecular complexity index is 590. The molecular weight excluding hydrogens is 259 g/mol. The third kappa shape index (κ3) is 2.36. The molecule has 1 aromatic heterocycles. The summed E-state index contributed by atoms with van der Waals surface area (Å²) in [4.78, 5) is 10.8. The average molecular weight is 269 g/mol. The van der Waals surface area contributed by atoms with Crippen molar-refractivity contribution in [3.8, 4) is 0 Å². The Labute approximate surface area is 108 Å². The van der Waals surface area contributed by atoms with Crippen LogP contribution in [-0.2, 0) is 6.54 Å². The van der Waals surface area contributed by atoms with Crippen LogP contribution in [0.4, 0.5) is 4.39 Å². The SMILES string of the molecule is Cc1cc(C(=O)O)nn1Cc1c(F)cccc1Cl. The molecule has 0 atom stereocenters. The van der Waals surface area contributed by atoms with Gasteiger partial charge in [0.25, 0.3) is 0 Å². The molecule has 0 aliphatic heterocycles. The number of hydrogen-bond donors (Lipinski definition) is 1. The molecule has 0 fully saturated rings. The van der Waals surface area contributed by atoms with Gasteiger partial charge < -0.3 is 5.11 Å². The lowest BCUT2D eigenvalue weighted by atomic mass is 10.2. The maximum absolute atomic E-state index is 13.6. The van der Waals surface area contributed by atoms with Crippen molar-refractivity contribution in [3.63, 3.8) is 0 Å². The van der Waals surface area contributed by atoms with Crippen molar-refractivity contribution >= 4 is 17.6 Å². The predicted molar refractivity (Wildman–Crippen MR) is 64.4 cm³/mol. The van der Waals surface area contributed by atoms with Crippen LogP contribution in [0.15, 0.2) is 24.3 Å². The number of hydrogen-bond acceptors (Lipinski definition) is 2. The van der Waals surface area contributed by atoms with Gasteiger partial charge in [-0.3, -0.25) is 4.68 Å². The van der Waals surface area contributed by atoms with E-state index in [1.807, 2.05) is 0 Å². The van der Waals surface area contributed by atoms with Crippen molar-refractivity contribution in [1.82, 2.24) is 9.78 Å². The van der Waals surface area contributed by atoms with Gasteiger partial charge in [0.05, 0.1) is 6.54 Å². The fraction of sp³-hybridized carbons (Fsp3) is 0.167. The predicted octanol–water partition coefficient (Wildman–Crippen LogP) is 2.73. The highest BCUT2D eigenvalue weighted by molar-refractivity contribution is 6.31. The third-order valence-corrected chi connectivity index (χ3v) is 2.92. The number of benzene rings is 1. The van der Waals surface area contributed by atoms with Crippen LogP contribution < -0.4 is 0 Å². The lowest BCUT2D eigenvalue weighted by Gasteiger charge is -2.07. The Kier molecular flexibility index (Phi) is 3.34. The molecule has 2 aromatic rings. The number of nitrogens with zero attached hydrogens (tertiary/aromatic N) is 2. The largest absolute Gasteiger partial charge is 0.476 e. The Hall–Kier alpha value is -1.88. The average Bonchev–Trinajstić information content (AvgIpc) is 2.66. The van der Waals surface area contributed by atoms with Crippen molar-refractivity contribution in [1.29, 1.82) is 0 Å². The van der Waals surface area contributed by atoms with Crippen LogP contribution in [0.3, 0.4) is 0 Å². The van der Waals surface area contributed by atoms with Crippen LogP contribution in [0.5, 0.6) is 0 Å². The first kappa shape index (κ1) is 12.6. The number of aromatic nitrogens is 2. The quantitative estimate of drug-likeness (QED) is 0.931. The second-order valence-electron chi connectivity index (χ2n) is 3.83. The number of rotatable bonds is 3. The molecule has 0 radical (unpaired) electrons. The van der Waals surface area contributed by atoms with Gasteiger partial charge in [0, 0.05) is 16.3 Å². The monoisotopic (exact) mass is 268 g/mol. The number of carbonyl (C=O) groups is 1. The van der Waals surface area contributed by atoms with E-state index in [2.05, 4.69) is 5.10 Å². The summed E-state index contributed by atoms with van der Waals surface area (Å²) in [5.74, 6) is -1.55. The van der Waals surface area contributed by atoms with Gasteiger partial charge >= 0.3 is 5.97 Å². The normalized spacial score (nSPS) is 10.6. The molecule has 0 unspecified atom stereocenters. The number of aromatic carboxylic acids is 1. The van der Waals surface area contributed by atoms with E-state index in [1.165, 1.54) is 22.9 Å². The Balaban J connectivity index is 2.37. The van der Waals surface area contributed by atoms with Crippen molar-refractivity contribution in [3.05, 3.63) is 52.1 Å². The van der Waals surface area contributed by atoms with Crippen LogP contribution in [0.2, 0.25) is 5.02 Å². The second kappa shape index (κ2) is 4.78. The first-order valence-electron chi connectivity index (χ1n) is 5.19. The summed E-state index contributed by atoms with van der Waals surface area (Å²) in [6, 6.07) is 5.83. The van der Waals surface area contributed by atoms with Crippen LogP contribution in [0.1, 0.15) is 21.7 Å². The minimum Gasteiger partial charge on any atom is -0.476 e. The molecule has 2 rings (SSSR count). The van der Waals surface area contributed by atoms with E-state index in [0.717, 1.165) is 0 Å². The number of halogens is 2. The summed E-state index contributed by atoms with van der Waals surface area (Å²) >= 11 is 5.90. The zero-order valence-electron chi connectivity index (χ0n) is 9.52. The van der Waals surface area contributed by atoms with Gasteiger partial charge in [0.2, 0.25) is 0 Å². The minimum absolute atomic E-state index is 0.0695. The summed E-state index contributed by atoms with van der Waals surface area (Å²) in [6.07, 6.45) is 0. The fourth-order valence-corrected chi connectivity index (χ4v) is 1.83. The molecule has 0 spiro atoms. The molecule has 0 aliphatic carbocycles. The Morgan fingerprint density at radius 3 is 2.83 bits per heavy atom. The molecule has 1 aromatic carbocycles.